The van der Waals surface area contributed by atoms with E-state index in [1.807, 2.05) is 0 Å². The van der Waals surface area contributed by atoms with E-state index in [0.717, 1.165) is 11.8 Å². The first-order valence-corrected chi connectivity index (χ1v) is 19.4. The summed E-state index contributed by atoms with van der Waals surface area (Å²) in [6.45, 7) is 11.7. The maximum Gasteiger partial charge on any atom is 0.299 e. The molecule has 0 fully saturated rings. The number of ether oxygens (including phenoxy) is 12. The third-order valence-electron chi connectivity index (χ3n) is 7.34. The zero-order chi connectivity index (χ0) is 42.4. The van der Waals surface area contributed by atoms with Crippen molar-refractivity contribution < 1.29 is 71.5 Å². The first kappa shape index (κ1) is 51.0. The zero-order valence-corrected chi connectivity index (χ0v) is 33.8. The SMILES string of the molecule is CC(=O)Nc1ccc(OCCOCCOCCOCCOCCOCCOCCOCCOCCOCCOCCOCCNc2ccc([N+](=O)[O-])cc2[N+](=O)[O-])cc1. The fraction of sp³-hybridized carbons (Fsp3) is 0.658. The summed E-state index contributed by atoms with van der Waals surface area (Å²) in [5.74, 6) is 0.586. The molecule has 0 aliphatic rings. The maximum absolute atomic E-state index is 11.2. The van der Waals surface area contributed by atoms with Crippen molar-refractivity contribution >= 4 is 28.7 Å². The number of carbonyl (C=O) groups excluding carboxylic acids is 1. The molecular weight excluding hydrogens is 784 g/mol. The maximum atomic E-state index is 11.2. The fourth-order valence-corrected chi connectivity index (χ4v) is 4.55. The Kier molecular flexibility index (Phi) is 30.9. The number of non-ortho nitro benzene ring substituents is 1. The van der Waals surface area contributed by atoms with E-state index in [0.29, 0.717) is 151 Å². The van der Waals surface area contributed by atoms with Crippen LogP contribution < -0.4 is 15.4 Å². The Hall–Kier alpha value is -4.13. The summed E-state index contributed by atoms with van der Waals surface area (Å²) >= 11 is 0. The summed E-state index contributed by atoms with van der Waals surface area (Å²) in [4.78, 5) is 31.7. The molecule has 0 unspecified atom stereocenters. The molecule has 2 aromatic carbocycles. The van der Waals surface area contributed by atoms with Gasteiger partial charge >= 0.3 is 0 Å². The average Bonchev–Trinajstić information content (AvgIpc) is 3.22. The van der Waals surface area contributed by atoms with Crippen LogP contribution in [0.1, 0.15) is 6.92 Å². The molecule has 0 aliphatic heterocycles. The van der Waals surface area contributed by atoms with Crippen LogP contribution in [0.5, 0.6) is 5.75 Å². The van der Waals surface area contributed by atoms with Gasteiger partial charge < -0.3 is 67.5 Å². The van der Waals surface area contributed by atoms with E-state index in [1.165, 1.54) is 19.1 Å². The molecule has 1 amide bonds. The van der Waals surface area contributed by atoms with Crippen LogP contribution >= 0.6 is 0 Å². The topological polar surface area (TPSA) is 238 Å². The molecule has 2 aromatic rings. The van der Waals surface area contributed by atoms with Crippen LogP contribution in [0, 0.1) is 20.2 Å². The molecule has 0 radical (unpaired) electrons. The number of amides is 1. The summed E-state index contributed by atoms with van der Waals surface area (Å²) in [6.07, 6.45) is 0. The quantitative estimate of drug-likeness (QED) is 0.0555. The minimum atomic E-state index is -0.683. The lowest BCUT2D eigenvalue weighted by Gasteiger charge is -2.09. The van der Waals surface area contributed by atoms with Gasteiger partial charge in [0.1, 0.15) is 18.0 Å². The van der Waals surface area contributed by atoms with Crippen molar-refractivity contribution in [1.82, 2.24) is 0 Å². The van der Waals surface area contributed by atoms with Gasteiger partial charge in [0.15, 0.2) is 0 Å². The van der Waals surface area contributed by atoms with Gasteiger partial charge in [0.2, 0.25) is 5.91 Å². The minimum Gasteiger partial charge on any atom is -0.491 e. The summed E-state index contributed by atoms with van der Waals surface area (Å²) in [6, 6.07) is 10.6. The molecule has 0 spiro atoms. The Morgan fingerprint density at radius 1 is 0.492 bits per heavy atom. The zero-order valence-electron chi connectivity index (χ0n) is 33.8. The van der Waals surface area contributed by atoms with Crippen LogP contribution in [-0.2, 0) is 56.9 Å². The molecule has 0 saturated heterocycles. The highest BCUT2D eigenvalue weighted by molar-refractivity contribution is 5.88. The summed E-state index contributed by atoms with van der Waals surface area (Å²) < 4.78 is 65.8. The number of hydrogen-bond acceptors (Lipinski definition) is 18. The van der Waals surface area contributed by atoms with E-state index in [-0.39, 0.29) is 36.1 Å². The number of anilines is 2. The lowest BCUT2D eigenvalue weighted by Crippen LogP contribution is -2.16. The Labute approximate surface area is 344 Å². The second kappa shape index (κ2) is 35.8. The molecule has 0 aliphatic carbocycles. The van der Waals surface area contributed by atoms with E-state index >= 15 is 0 Å². The molecule has 21 nitrogen and oxygen atoms in total. The van der Waals surface area contributed by atoms with Gasteiger partial charge in [0, 0.05) is 25.2 Å². The fourth-order valence-electron chi connectivity index (χ4n) is 4.55. The second-order valence-electron chi connectivity index (χ2n) is 11.9. The van der Waals surface area contributed by atoms with Gasteiger partial charge in [0.05, 0.1) is 161 Å². The number of nitrogens with zero attached hydrogens (tertiary/aromatic N) is 2. The molecule has 59 heavy (non-hydrogen) atoms. The lowest BCUT2D eigenvalue weighted by molar-refractivity contribution is -0.393. The molecule has 0 heterocycles. The minimum absolute atomic E-state index is 0.118. The van der Waals surface area contributed by atoms with Gasteiger partial charge in [-0.05, 0) is 30.3 Å². The van der Waals surface area contributed by atoms with Gasteiger partial charge in [-0.3, -0.25) is 25.0 Å². The van der Waals surface area contributed by atoms with Gasteiger partial charge in [-0.1, -0.05) is 0 Å². The molecule has 21 heteroatoms. The molecule has 0 bridgehead atoms. The molecule has 2 rings (SSSR count). The largest absolute Gasteiger partial charge is 0.491 e. The highest BCUT2D eigenvalue weighted by Gasteiger charge is 2.19. The van der Waals surface area contributed by atoms with Crippen molar-refractivity contribution in [2.24, 2.45) is 0 Å². The number of hydrogen-bond donors (Lipinski definition) is 2. The van der Waals surface area contributed by atoms with Gasteiger partial charge in [-0.25, -0.2) is 0 Å². The van der Waals surface area contributed by atoms with Crippen molar-refractivity contribution in [3.63, 3.8) is 0 Å². The molecule has 2 N–H and O–H groups in total. The van der Waals surface area contributed by atoms with Crippen LogP contribution in [0.15, 0.2) is 42.5 Å². The van der Waals surface area contributed by atoms with Crippen LogP contribution in [0.25, 0.3) is 0 Å². The van der Waals surface area contributed by atoms with E-state index in [4.69, 9.17) is 56.8 Å². The molecule has 334 valence electrons. The lowest BCUT2D eigenvalue weighted by atomic mass is 10.2. The van der Waals surface area contributed by atoms with Gasteiger partial charge in [-0.15, -0.1) is 0 Å². The van der Waals surface area contributed by atoms with Crippen LogP contribution in [0.4, 0.5) is 22.7 Å². The third kappa shape index (κ3) is 28.9. The average molecular weight is 845 g/mol. The first-order valence-electron chi connectivity index (χ1n) is 19.4. The van der Waals surface area contributed by atoms with Crippen molar-refractivity contribution in [3.8, 4) is 5.75 Å². The van der Waals surface area contributed by atoms with Crippen molar-refractivity contribution in [2.75, 3.05) is 169 Å². The van der Waals surface area contributed by atoms with E-state index < -0.39 is 9.85 Å². The normalized spacial score (nSPS) is 11.1. The van der Waals surface area contributed by atoms with Crippen LogP contribution in [0.3, 0.4) is 0 Å². The smallest absolute Gasteiger partial charge is 0.299 e. The number of carbonyl (C=O) groups is 1. The second-order valence-corrected chi connectivity index (χ2v) is 11.9. The Morgan fingerprint density at radius 3 is 1.19 bits per heavy atom. The highest BCUT2D eigenvalue weighted by atomic mass is 16.6. The number of rotatable bonds is 41. The van der Waals surface area contributed by atoms with E-state index in [2.05, 4.69) is 10.6 Å². The number of nitro benzene ring substituents is 2. The monoisotopic (exact) mass is 844 g/mol. The number of nitro groups is 2. The van der Waals surface area contributed by atoms with Crippen molar-refractivity contribution in [2.45, 2.75) is 6.92 Å². The molecule has 0 aromatic heterocycles. The first-order chi connectivity index (χ1) is 28.9. The van der Waals surface area contributed by atoms with Crippen molar-refractivity contribution in [1.29, 1.82) is 0 Å². The predicted octanol–water partition coefficient (Wildman–Crippen LogP) is 3.13. The van der Waals surface area contributed by atoms with Crippen LogP contribution in [-0.4, -0.2) is 174 Å². The molecule has 0 saturated carbocycles. The van der Waals surface area contributed by atoms with Crippen LogP contribution in [0.2, 0.25) is 0 Å². The number of benzene rings is 2. The van der Waals surface area contributed by atoms with Crippen molar-refractivity contribution in [3.05, 3.63) is 62.7 Å². The standard InChI is InChI=1S/C38H60N4O17/c1-33(43)40-34-2-5-36(6-3-34)59-31-30-58-29-28-57-27-26-56-25-24-55-23-22-54-21-20-53-19-18-52-17-16-51-15-14-50-13-12-49-11-10-48-9-8-39-37-7-4-35(41(44)45)32-38(37)42(46)47/h2-7,32,39H,8-31H2,1H3,(H,40,43). The summed E-state index contributed by atoms with van der Waals surface area (Å²) in [5.41, 5.74) is 0.182. The van der Waals surface area contributed by atoms with E-state index in [9.17, 15) is 25.0 Å². The van der Waals surface area contributed by atoms with Gasteiger partial charge in [-0.2, -0.15) is 0 Å². The Bertz CT molecular complexity index is 1380. The highest BCUT2D eigenvalue weighted by Crippen LogP contribution is 2.28. The van der Waals surface area contributed by atoms with E-state index in [1.54, 1.807) is 24.3 Å². The third-order valence-corrected chi connectivity index (χ3v) is 7.34. The molecular formula is C38H60N4O17. The Balaban J connectivity index is 1.18. The summed E-state index contributed by atoms with van der Waals surface area (Å²) in [5, 5.41) is 27.5. The predicted molar refractivity (Wildman–Crippen MR) is 213 cm³/mol. The Morgan fingerprint density at radius 2 is 0.847 bits per heavy atom. The molecule has 0 atom stereocenters. The summed E-state index contributed by atoms with van der Waals surface area (Å²) in [7, 11) is 0. The van der Waals surface area contributed by atoms with Gasteiger partial charge in [0.25, 0.3) is 11.4 Å². The number of nitrogens with one attached hydrogen (secondary N) is 2.